The molecule has 0 aliphatic heterocycles. The van der Waals surface area contributed by atoms with Gasteiger partial charge < -0.3 is 4.52 Å². The Hall–Kier alpha value is -1.20. The van der Waals surface area contributed by atoms with Crippen molar-refractivity contribution in [3.05, 3.63) is 23.4 Å². The van der Waals surface area contributed by atoms with Crippen molar-refractivity contribution in [3.8, 4) is 10.7 Å². The number of aromatic nitrogens is 2. The van der Waals surface area contributed by atoms with E-state index >= 15 is 0 Å². The van der Waals surface area contributed by atoms with Gasteiger partial charge in [-0.15, -0.1) is 11.3 Å². The van der Waals surface area contributed by atoms with Gasteiger partial charge in [-0.05, 0) is 43.0 Å². The molecule has 0 bridgehead atoms. The fraction of sp³-hybridized carbons (Fsp3) is 0.647. The van der Waals surface area contributed by atoms with Gasteiger partial charge >= 0.3 is 0 Å². The van der Waals surface area contributed by atoms with E-state index in [0.717, 1.165) is 35.1 Å². The van der Waals surface area contributed by atoms with Crippen LogP contribution in [-0.2, 0) is 6.54 Å². The quantitative estimate of drug-likeness (QED) is 0.794. The van der Waals surface area contributed by atoms with Gasteiger partial charge in [-0.2, -0.15) is 4.98 Å². The van der Waals surface area contributed by atoms with Crippen LogP contribution in [0, 0.1) is 5.92 Å². The molecule has 2 heterocycles. The second-order valence-corrected chi connectivity index (χ2v) is 7.60. The summed E-state index contributed by atoms with van der Waals surface area (Å²) in [6, 6.07) is 4.81. The average Bonchev–Trinajstić information content (AvgIpc) is 3.06. The largest absolute Gasteiger partial charge is 0.338 e. The van der Waals surface area contributed by atoms with Crippen molar-refractivity contribution in [1.29, 1.82) is 0 Å². The summed E-state index contributed by atoms with van der Waals surface area (Å²) < 4.78 is 5.49. The summed E-state index contributed by atoms with van der Waals surface area (Å²) >= 11 is 1.66. The van der Waals surface area contributed by atoms with Crippen LogP contribution in [0.1, 0.15) is 50.8 Å². The molecule has 0 saturated heterocycles. The van der Waals surface area contributed by atoms with E-state index in [0.29, 0.717) is 0 Å². The third kappa shape index (κ3) is 3.41. The molecule has 0 spiro atoms. The molecule has 2 aliphatic carbocycles. The molecule has 0 aromatic carbocycles. The molecule has 0 amide bonds. The minimum absolute atomic E-state index is 0.735. The Balaban J connectivity index is 1.41. The topological polar surface area (TPSA) is 42.2 Å². The van der Waals surface area contributed by atoms with Crippen molar-refractivity contribution in [3.63, 3.8) is 0 Å². The lowest BCUT2D eigenvalue weighted by Crippen LogP contribution is -2.32. The highest BCUT2D eigenvalue weighted by molar-refractivity contribution is 7.13. The number of hydrogen-bond donors (Lipinski definition) is 0. The summed E-state index contributed by atoms with van der Waals surface area (Å²) in [5.41, 5.74) is 0. The first-order valence-electron chi connectivity index (χ1n) is 8.49. The van der Waals surface area contributed by atoms with Gasteiger partial charge in [0.25, 0.3) is 0 Å². The maximum atomic E-state index is 5.49. The summed E-state index contributed by atoms with van der Waals surface area (Å²) in [7, 11) is 0. The van der Waals surface area contributed by atoms with Crippen LogP contribution >= 0.6 is 11.3 Å². The molecule has 22 heavy (non-hydrogen) atoms. The van der Waals surface area contributed by atoms with E-state index in [9.17, 15) is 0 Å². The van der Waals surface area contributed by atoms with Crippen molar-refractivity contribution < 1.29 is 4.52 Å². The van der Waals surface area contributed by atoms with Crippen molar-refractivity contribution in [2.45, 2.75) is 57.5 Å². The first-order valence-corrected chi connectivity index (χ1v) is 9.37. The summed E-state index contributed by atoms with van der Waals surface area (Å²) in [5.74, 6) is 2.37. The van der Waals surface area contributed by atoms with Gasteiger partial charge in [0.1, 0.15) is 0 Å². The highest BCUT2D eigenvalue weighted by Crippen LogP contribution is 2.32. The number of nitrogens with zero attached hydrogens (tertiary/aromatic N) is 3. The van der Waals surface area contributed by atoms with Gasteiger partial charge in [0.15, 0.2) is 0 Å². The van der Waals surface area contributed by atoms with E-state index in [1.165, 1.54) is 51.5 Å². The van der Waals surface area contributed by atoms with E-state index in [1.807, 2.05) is 17.5 Å². The van der Waals surface area contributed by atoms with Crippen molar-refractivity contribution in [1.82, 2.24) is 15.0 Å². The summed E-state index contributed by atoms with van der Waals surface area (Å²) in [6.07, 6.45) is 9.70. The minimum Gasteiger partial charge on any atom is -0.338 e. The lowest BCUT2D eigenvalue weighted by Gasteiger charge is -2.28. The molecular weight excluding hydrogens is 294 g/mol. The first-order chi connectivity index (χ1) is 10.9. The van der Waals surface area contributed by atoms with Crippen LogP contribution < -0.4 is 0 Å². The highest BCUT2D eigenvalue weighted by atomic mass is 32.1. The van der Waals surface area contributed by atoms with Crippen LogP contribution in [0.15, 0.2) is 22.0 Å². The van der Waals surface area contributed by atoms with E-state index in [1.54, 1.807) is 11.3 Å². The van der Waals surface area contributed by atoms with Gasteiger partial charge in [0.05, 0.1) is 11.4 Å². The number of rotatable bonds is 6. The molecule has 5 heteroatoms. The van der Waals surface area contributed by atoms with Gasteiger partial charge in [-0.25, -0.2) is 0 Å². The molecular formula is C17H23N3OS. The molecule has 0 radical (unpaired) electrons. The van der Waals surface area contributed by atoms with Crippen molar-refractivity contribution in [2.75, 3.05) is 6.54 Å². The lowest BCUT2D eigenvalue weighted by molar-refractivity contribution is 0.166. The monoisotopic (exact) mass is 317 g/mol. The predicted octanol–water partition coefficient (Wildman–Crippen LogP) is 4.34. The Morgan fingerprint density at radius 2 is 2.05 bits per heavy atom. The molecule has 2 fully saturated rings. The SMILES string of the molecule is c1csc(-c2noc(CN(CC3CCCCC3)C3CC3)n2)c1. The van der Waals surface area contributed by atoms with Crippen LogP contribution in [-0.4, -0.2) is 27.6 Å². The summed E-state index contributed by atoms with van der Waals surface area (Å²) in [4.78, 5) is 8.26. The fourth-order valence-corrected chi connectivity index (χ4v) is 4.13. The maximum Gasteiger partial charge on any atom is 0.241 e. The van der Waals surface area contributed by atoms with E-state index < -0.39 is 0 Å². The molecule has 2 aromatic rings. The third-order valence-corrected chi connectivity index (χ3v) is 5.69. The van der Waals surface area contributed by atoms with Crippen LogP contribution in [0.4, 0.5) is 0 Å². The zero-order valence-electron chi connectivity index (χ0n) is 12.9. The number of hydrogen-bond acceptors (Lipinski definition) is 5. The molecule has 0 N–H and O–H groups in total. The third-order valence-electron chi connectivity index (χ3n) is 4.83. The first kappa shape index (κ1) is 14.4. The molecule has 118 valence electrons. The fourth-order valence-electron chi connectivity index (χ4n) is 3.48. The Morgan fingerprint density at radius 1 is 1.18 bits per heavy atom. The van der Waals surface area contributed by atoms with E-state index in [-0.39, 0.29) is 0 Å². The Morgan fingerprint density at radius 3 is 2.77 bits per heavy atom. The molecule has 2 saturated carbocycles. The zero-order valence-corrected chi connectivity index (χ0v) is 13.7. The summed E-state index contributed by atoms with van der Waals surface area (Å²) in [5, 5.41) is 6.18. The molecule has 0 unspecified atom stereocenters. The summed E-state index contributed by atoms with van der Waals surface area (Å²) in [6.45, 7) is 2.03. The molecule has 2 aliphatic rings. The Labute approximate surface area is 135 Å². The standard InChI is InChI=1S/C17H23N3OS/c1-2-5-13(6-3-1)11-20(14-8-9-14)12-16-18-17(19-21-16)15-7-4-10-22-15/h4,7,10,13-14H,1-3,5-6,8-9,11-12H2. The van der Waals surface area contributed by atoms with Crippen LogP contribution in [0.25, 0.3) is 10.7 Å². The number of thiophene rings is 1. The Kier molecular flexibility index (Phi) is 4.26. The van der Waals surface area contributed by atoms with E-state index in [4.69, 9.17) is 4.52 Å². The normalized spacial score (nSPS) is 19.9. The molecule has 4 nitrogen and oxygen atoms in total. The van der Waals surface area contributed by atoms with Crippen molar-refractivity contribution in [2.24, 2.45) is 5.92 Å². The van der Waals surface area contributed by atoms with Gasteiger partial charge in [-0.1, -0.05) is 30.5 Å². The van der Waals surface area contributed by atoms with Gasteiger partial charge in [0.2, 0.25) is 11.7 Å². The molecule has 2 aromatic heterocycles. The highest BCUT2D eigenvalue weighted by Gasteiger charge is 2.32. The minimum atomic E-state index is 0.735. The lowest BCUT2D eigenvalue weighted by atomic mass is 9.89. The van der Waals surface area contributed by atoms with Crippen molar-refractivity contribution >= 4 is 11.3 Å². The smallest absolute Gasteiger partial charge is 0.241 e. The van der Waals surface area contributed by atoms with Crippen LogP contribution in [0.5, 0.6) is 0 Å². The van der Waals surface area contributed by atoms with E-state index in [2.05, 4.69) is 15.0 Å². The predicted molar refractivity (Wildman–Crippen MR) is 87.6 cm³/mol. The van der Waals surface area contributed by atoms with Gasteiger partial charge in [0, 0.05) is 12.6 Å². The second kappa shape index (κ2) is 6.50. The van der Waals surface area contributed by atoms with Crippen LogP contribution in [0.2, 0.25) is 0 Å². The molecule has 0 atom stereocenters. The second-order valence-electron chi connectivity index (χ2n) is 6.65. The zero-order chi connectivity index (χ0) is 14.8. The average molecular weight is 317 g/mol. The maximum absolute atomic E-state index is 5.49. The Bertz CT molecular complexity index is 585. The van der Waals surface area contributed by atoms with Crippen LogP contribution in [0.3, 0.4) is 0 Å². The van der Waals surface area contributed by atoms with Gasteiger partial charge in [-0.3, -0.25) is 4.90 Å². The molecule has 4 rings (SSSR count).